The van der Waals surface area contributed by atoms with E-state index in [1.54, 1.807) is 24.3 Å². The minimum Gasteiger partial charge on any atom is -0.294 e. The molecule has 2 aromatic rings. The molecule has 0 radical (unpaired) electrons. The Balaban J connectivity index is 2.00. The van der Waals surface area contributed by atoms with Gasteiger partial charge >= 0.3 is 0 Å². The topological polar surface area (TPSA) is 46.5 Å². The SMILES string of the molecule is Cc1ccccc1N=CC(=O)CC(=O)c1ccccc1. The van der Waals surface area contributed by atoms with Crippen molar-refractivity contribution in [1.29, 1.82) is 0 Å². The van der Waals surface area contributed by atoms with Crippen LogP contribution in [0.15, 0.2) is 59.6 Å². The van der Waals surface area contributed by atoms with Gasteiger partial charge in [0.2, 0.25) is 0 Å². The smallest absolute Gasteiger partial charge is 0.181 e. The Bertz CT molecular complexity index is 645. The predicted molar refractivity (Wildman–Crippen MR) is 79.7 cm³/mol. The van der Waals surface area contributed by atoms with Crippen molar-refractivity contribution in [3.63, 3.8) is 0 Å². The van der Waals surface area contributed by atoms with Crippen LogP contribution in [0.2, 0.25) is 0 Å². The lowest BCUT2D eigenvalue weighted by atomic mass is 10.1. The number of Topliss-reactive ketones (excluding diaryl/α,β-unsaturated/α-hetero) is 2. The van der Waals surface area contributed by atoms with Gasteiger partial charge in [-0.3, -0.25) is 14.6 Å². The van der Waals surface area contributed by atoms with E-state index in [1.807, 2.05) is 37.3 Å². The van der Waals surface area contributed by atoms with Gasteiger partial charge < -0.3 is 0 Å². The minimum absolute atomic E-state index is 0.153. The van der Waals surface area contributed by atoms with Crippen LogP contribution in [0.3, 0.4) is 0 Å². The van der Waals surface area contributed by atoms with E-state index >= 15 is 0 Å². The Labute approximate surface area is 118 Å². The molecule has 0 aromatic heterocycles. The molecule has 0 fully saturated rings. The van der Waals surface area contributed by atoms with Crippen LogP contribution in [-0.4, -0.2) is 17.8 Å². The number of aliphatic imine (C=N–C) groups is 1. The second kappa shape index (κ2) is 6.57. The summed E-state index contributed by atoms with van der Waals surface area (Å²) in [6.07, 6.45) is 1.07. The number of carbonyl (C=O) groups is 2. The molecule has 0 amide bonds. The van der Waals surface area contributed by atoms with Crippen molar-refractivity contribution < 1.29 is 9.59 Å². The van der Waals surface area contributed by atoms with Crippen LogP contribution in [0, 0.1) is 6.92 Å². The summed E-state index contributed by atoms with van der Waals surface area (Å²) in [5.74, 6) is -0.478. The van der Waals surface area contributed by atoms with E-state index in [9.17, 15) is 9.59 Å². The first-order chi connectivity index (χ1) is 9.66. The number of nitrogens with zero attached hydrogens (tertiary/aromatic N) is 1. The van der Waals surface area contributed by atoms with Gasteiger partial charge in [0.05, 0.1) is 18.3 Å². The van der Waals surface area contributed by atoms with Crippen LogP contribution < -0.4 is 0 Å². The monoisotopic (exact) mass is 265 g/mol. The predicted octanol–water partition coefficient (Wildman–Crippen LogP) is 3.54. The molecule has 0 aliphatic rings. The summed E-state index contributed by atoms with van der Waals surface area (Å²) in [5, 5.41) is 0. The highest BCUT2D eigenvalue weighted by molar-refractivity contribution is 6.33. The van der Waals surface area contributed by atoms with Gasteiger partial charge in [0.1, 0.15) is 0 Å². The average molecular weight is 265 g/mol. The number of carbonyl (C=O) groups excluding carboxylic acids is 2. The van der Waals surface area contributed by atoms with E-state index < -0.39 is 0 Å². The zero-order chi connectivity index (χ0) is 14.4. The maximum Gasteiger partial charge on any atom is 0.181 e. The molecule has 0 saturated carbocycles. The van der Waals surface area contributed by atoms with Crippen LogP contribution in [-0.2, 0) is 4.79 Å². The summed E-state index contributed by atoms with van der Waals surface area (Å²) < 4.78 is 0. The van der Waals surface area contributed by atoms with Gasteiger partial charge in [-0.25, -0.2) is 0 Å². The molecule has 0 aliphatic carbocycles. The van der Waals surface area contributed by atoms with Crippen LogP contribution in [0.25, 0.3) is 0 Å². The fourth-order valence-electron chi connectivity index (χ4n) is 1.78. The molecule has 3 heteroatoms. The standard InChI is InChI=1S/C17H15NO2/c1-13-7-5-6-10-16(13)18-12-15(19)11-17(20)14-8-3-2-4-9-14/h2-10,12H,11H2,1H3. The molecular weight excluding hydrogens is 250 g/mol. The van der Waals surface area contributed by atoms with Gasteiger partial charge in [-0.15, -0.1) is 0 Å². The minimum atomic E-state index is -0.290. The molecule has 0 heterocycles. The molecule has 20 heavy (non-hydrogen) atoms. The number of para-hydroxylation sites is 1. The number of hydrogen-bond donors (Lipinski definition) is 0. The van der Waals surface area contributed by atoms with Crippen molar-refractivity contribution in [2.45, 2.75) is 13.3 Å². The van der Waals surface area contributed by atoms with Crippen molar-refractivity contribution in [2.75, 3.05) is 0 Å². The molecule has 3 nitrogen and oxygen atoms in total. The molecule has 0 N–H and O–H groups in total. The second-order valence-corrected chi connectivity index (χ2v) is 4.48. The largest absolute Gasteiger partial charge is 0.294 e. The quantitative estimate of drug-likeness (QED) is 0.471. The van der Waals surface area contributed by atoms with Gasteiger partial charge in [0.25, 0.3) is 0 Å². The lowest BCUT2D eigenvalue weighted by Gasteiger charge is -1.99. The van der Waals surface area contributed by atoms with E-state index in [0.29, 0.717) is 5.56 Å². The third-order valence-corrected chi connectivity index (χ3v) is 2.89. The molecule has 0 spiro atoms. The maximum atomic E-state index is 11.9. The van der Waals surface area contributed by atoms with Crippen molar-refractivity contribution in [3.8, 4) is 0 Å². The van der Waals surface area contributed by atoms with E-state index in [-0.39, 0.29) is 18.0 Å². The molecule has 0 aliphatic heterocycles. The maximum absolute atomic E-state index is 11.9. The summed E-state index contributed by atoms with van der Waals surface area (Å²) >= 11 is 0. The first-order valence-electron chi connectivity index (χ1n) is 6.37. The third kappa shape index (κ3) is 3.72. The van der Waals surface area contributed by atoms with E-state index in [0.717, 1.165) is 11.3 Å². The number of ketones is 2. The zero-order valence-corrected chi connectivity index (χ0v) is 11.2. The Kier molecular flexibility index (Phi) is 4.56. The molecule has 0 bridgehead atoms. The van der Waals surface area contributed by atoms with Crippen molar-refractivity contribution in [3.05, 3.63) is 65.7 Å². The number of hydrogen-bond acceptors (Lipinski definition) is 3. The summed E-state index contributed by atoms with van der Waals surface area (Å²) in [6.45, 7) is 1.92. The summed E-state index contributed by atoms with van der Waals surface area (Å²) in [7, 11) is 0. The average Bonchev–Trinajstić information content (AvgIpc) is 2.47. The first-order valence-corrected chi connectivity index (χ1v) is 6.37. The Morgan fingerprint density at radius 1 is 1.00 bits per heavy atom. The number of rotatable bonds is 5. The number of aryl methyl sites for hydroxylation is 1. The van der Waals surface area contributed by atoms with E-state index in [4.69, 9.17) is 0 Å². The molecule has 0 unspecified atom stereocenters. The third-order valence-electron chi connectivity index (χ3n) is 2.89. The van der Waals surface area contributed by atoms with Crippen molar-refractivity contribution >= 4 is 23.5 Å². The van der Waals surface area contributed by atoms with Crippen molar-refractivity contribution in [2.24, 2.45) is 4.99 Å². The van der Waals surface area contributed by atoms with Gasteiger partial charge in [-0.1, -0.05) is 48.5 Å². The highest BCUT2D eigenvalue weighted by Gasteiger charge is 2.09. The highest BCUT2D eigenvalue weighted by atomic mass is 16.1. The van der Waals surface area contributed by atoms with Crippen LogP contribution in [0.4, 0.5) is 5.69 Å². The lowest BCUT2D eigenvalue weighted by Crippen LogP contribution is -2.08. The van der Waals surface area contributed by atoms with Gasteiger partial charge in [0, 0.05) is 5.56 Å². The Hall–Kier alpha value is -2.55. The first kappa shape index (κ1) is 13.9. The summed E-state index contributed by atoms with van der Waals surface area (Å²) in [6, 6.07) is 16.3. The van der Waals surface area contributed by atoms with Crippen LogP contribution >= 0.6 is 0 Å². The van der Waals surface area contributed by atoms with E-state index in [2.05, 4.69) is 4.99 Å². The molecule has 0 atom stereocenters. The lowest BCUT2D eigenvalue weighted by molar-refractivity contribution is -0.111. The van der Waals surface area contributed by atoms with Crippen LogP contribution in [0.1, 0.15) is 22.3 Å². The van der Waals surface area contributed by atoms with Crippen LogP contribution in [0.5, 0.6) is 0 Å². The fourth-order valence-corrected chi connectivity index (χ4v) is 1.78. The molecule has 2 aromatic carbocycles. The molecule has 100 valence electrons. The summed E-state index contributed by atoms with van der Waals surface area (Å²) in [5.41, 5.74) is 2.28. The molecule has 2 rings (SSSR count). The number of benzene rings is 2. The highest BCUT2D eigenvalue weighted by Crippen LogP contribution is 2.16. The van der Waals surface area contributed by atoms with Crippen molar-refractivity contribution in [1.82, 2.24) is 0 Å². The van der Waals surface area contributed by atoms with Gasteiger partial charge in [-0.05, 0) is 18.6 Å². The Morgan fingerprint density at radius 2 is 1.65 bits per heavy atom. The normalized spacial score (nSPS) is 10.7. The zero-order valence-electron chi connectivity index (χ0n) is 11.2. The summed E-state index contributed by atoms with van der Waals surface area (Å²) in [4.78, 5) is 27.7. The molecular formula is C17H15NO2. The fraction of sp³-hybridized carbons (Fsp3) is 0.118. The van der Waals surface area contributed by atoms with E-state index in [1.165, 1.54) is 6.21 Å². The van der Waals surface area contributed by atoms with Gasteiger partial charge in [-0.2, -0.15) is 0 Å². The Morgan fingerprint density at radius 3 is 2.35 bits per heavy atom. The second-order valence-electron chi connectivity index (χ2n) is 4.48. The molecule has 0 saturated heterocycles. The van der Waals surface area contributed by atoms with Gasteiger partial charge in [0.15, 0.2) is 11.6 Å².